The van der Waals surface area contributed by atoms with E-state index in [1.54, 1.807) is 0 Å². The zero-order valence-electron chi connectivity index (χ0n) is 18.0. The van der Waals surface area contributed by atoms with Gasteiger partial charge in [-0.25, -0.2) is 0 Å². The van der Waals surface area contributed by atoms with Gasteiger partial charge in [-0.05, 0) is 18.2 Å². The van der Waals surface area contributed by atoms with Crippen LogP contribution in [-0.2, 0) is 15.1 Å². The maximum atomic E-state index is 12.6. The second-order valence-electron chi connectivity index (χ2n) is 7.80. The molecule has 0 radical (unpaired) electrons. The third-order valence-electron chi connectivity index (χ3n) is 5.32. The molecule has 1 unspecified atom stereocenters. The first-order valence-electron chi connectivity index (χ1n) is 10.2. The number of aliphatic hydroxyl groups is 4. The number of ether oxygens (including phenoxy) is 2. The maximum absolute atomic E-state index is 12.6. The van der Waals surface area contributed by atoms with E-state index < -0.39 is 70.4 Å². The van der Waals surface area contributed by atoms with Gasteiger partial charge in [0.2, 0.25) is 6.29 Å². The third kappa shape index (κ3) is 5.07. The average Bonchev–Trinajstić information content (AvgIpc) is 2.79. The average molecular weight is 528 g/mol. The Labute approximate surface area is 201 Å². The van der Waals surface area contributed by atoms with Gasteiger partial charge in [-0.15, -0.1) is 0 Å². The summed E-state index contributed by atoms with van der Waals surface area (Å²) in [6.07, 6.45) is -7.97. The van der Waals surface area contributed by atoms with E-state index in [2.05, 4.69) is 4.18 Å². The minimum absolute atomic E-state index is 0.130. The summed E-state index contributed by atoms with van der Waals surface area (Å²) in [6.45, 7) is -0.699. The molecule has 1 aliphatic rings. The molecule has 0 spiro atoms. The van der Waals surface area contributed by atoms with Crippen molar-refractivity contribution < 1.29 is 61.7 Å². The predicted octanol–water partition coefficient (Wildman–Crippen LogP) is -0.769. The summed E-state index contributed by atoms with van der Waals surface area (Å²) in [5.41, 5.74) is -0.903. The van der Waals surface area contributed by atoms with Crippen LogP contribution in [0.2, 0.25) is 0 Å². The summed E-state index contributed by atoms with van der Waals surface area (Å²) >= 11 is 0. The van der Waals surface area contributed by atoms with Crippen LogP contribution >= 0.6 is 0 Å². The van der Waals surface area contributed by atoms with Crippen molar-refractivity contribution >= 4 is 21.4 Å². The van der Waals surface area contributed by atoms with Crippen LogP contribution in [0, 0.1) is 0 Å². The predicted molar refractivity (Wildman–Crippen MR) is 118 cm³/mol. The van der Waals surface area contributed by atoms with Crippen LogP contribution in [-0.4, -0.2) is 80.9 Å². The Kier molecular flexibility index (Phi) is 6.80. The molecule has 0 bridgehead atoms. The summed E-state index contributed by atoms with van der Waals surface area (Å²) in [4.78, 5) is 12.6. The lowest BCUT2D eigenvalue weighted by atomic mass is 9.99. The van der Waals surface area contributed by atoms with Gasteiger partial charge in [0.15, 0.2) is 22.7 Å². The van der Waals surface area contributed by atoms with Crippen molar-refractivity contribution in [2.75, 3.05) is 6.61 Å². The molecule has 1 fully saturated rings. The second kappa shape index (κ2) is 9.55. The molecule has 0 amide bonds. The number of phenolic OH excluding ortho intramolecular Hbond substituents is 2. The number of aliphatic hydroxyl groups excluding tert-OH is 4. The van der Waals surface area contributed by atoms with Gasteiger partial charge >= 0.3 is 10.4 Å². The highest BCUT2D eigenvalue weighted by atomic mass is 32.3. The van der Waals surface area contributed by atoms with Gasteiger partial charge in [0, 0.05) is 23.8 Å². The van der Waals surface area contributed by atoms with E-state index in [0.29, 0.717) is 0 Å². The van der Waals surface area contributed by atoms with Gasteiger partial charge in [-0.3, -0.25) is 9.35 Å². The molecule has 1 aliphatic heterocycles. The SMILES string of the molecule is O=c1cc(-c2ccc(O)c(OC3O[C@H](CO)[C@@H](O)[C@H](O)[C@H]3O)c2)oc2cc(OS(=O)(=O)O)cc(O)c12. The highest BCUT2D eigenvalue weighted by molar-refractivity contribution is 7.81. The van der Waals surface area contributed by atoms with Crippen LogP contribution in [0.25, 0.3) is 22.3 Å². The number of benzene rings is 2. The molecule has 7 N–H and O–H groups in total. The zero-order valence-corrected chi connectivity index (χ0v) is 18.8. The van der Waals surface area contributed by atoms with Crippen LogP contribution in [0.15, 0.2) is 45.6 Å². The molecule has 36 heavy (non-hydrogen) atoms. The summed E-state index contributed by atoms with van der Waals surface area (Å²) in [5.74, 6) is -2.09. The number of aromatic hydroxyl groups is 2. The molecule has 14 nitrogen and oxygen atoms in total. The molecule has 0 aliphatic carbocycles. The molecule has 0 saturated carbocycles. The molecule has 1 aromatic heterocycles. The molecular weight excluding hydrogens is 508 g/mol. The van der Waals surface area contributed by atoms with E-state index >= 15 is 0 Å². The molecule has 5 atom stereocenters. The highest BCUT2D eigenvalue weighted by Gasteiger charge is 2.45. The molecule has 194 valence electrons. The van der Waals surface area contributed by atoms with E-state index in [4.69, 9.17) is 18.4 Å². The number of rotatable bonds is 6. The van der Waals surface area contributed by atoms with Crippen molar-refractivity contribution in [2.45, 2.75) is 30.7 Å². The van der Waals surface area contributed by atoms with Crippen LogP contribution in [0.3, 0.4) is 0 Å². The van der Waals surface area contributed by atoms with Gasteiger partial charge in [0.25, 0.3) is 0 Å². The van der Waals surface area contributed by atoms with E-state index in [0.717, 1.165) is 24.3 Å². The number of hydrogen-bond donors (Lipinski definition) is 7. The largest absolute Gasteiger partial charge is 0.507 e. The standard InChI is InChI=1S/C21H20O14S/c22-7-16-18(26)19(27)20(28)21(34-16)33-14-3-8(1-2-10(14)23)13-6-12(25)17-11(24)4-9(5-15(17)32-13)35-36(29,30)31/h1-6,16,18-24,26-28H,7H2,(H,29,30,31)/t16-,18-,19+,20-,21?/m1/s1. The fourth-order valence-corrected chi connectivity index (χ4v) is 3.95. The monoisotopic (exact) mass is 528 g/mol. The van der Waals surface area contributed by atoms with E-state index in [1.165, 1.54) is 12.1 Å². The summed E-state index contributed by atoms with van der Waals surface area (Å²) in [6, 6.07) is 6.38. The Hall–Kier alpha value is -3.44. The second-order valence-corrected chi connectivity index (χ2v) is 8.82. The fourth-order valence-electron chi connectivity index (χ4n) is 3.61. The third-order valence-corrected chi connectivity index (χ3v) is 5.72. The molecule has 3 aromatic rings. The van der Waals surface area contributed by atoms with Crippen molar-refractivity contribution in [1.82, 2.24) is 0 Å². The van der Waals surface area contributed by atoms with Gasteiger partial charge < -0.3 is 48.7 Å². The quantitative estimate of drug-likeness (QED) is 0.195. The number of hydrogen-bond acceptors (Lipinski definition) is 13. The minimum atomic E-state index is -4.93. The Morgan fingerprint density at radius 1 is 0.944 bits per heavy atom. The lowest BCUT2D eigenvalue weighted by Gasteiger charge is -2.39. The smallest absolute Gasteiger partial charge is 0.446 e. The highest BCUT2D eigenvalue weighted by Crippen LogP contribution is 2.36. The fraction of sp³-hybridized carbons (Fsp3) is 0.286. The van der Waals surface area contributed by atoms with E-state index in [-0.39, 0.29) is 28.0 Å². The van der Waals surface area contributed by atoms with Crippen LogP contribution in [0.5, 0.6) is 23.0 Å². The Morgan fingerprint density at radius 3 is 2.33 bits per heavy atom. The molecule has 2 aromatic carbocycles. The van der Waals surface area contributed by atoms with Crippen molar-refractivity contribution in [3.8, 4) is 34.3 Å². The summed E-state index contributed by atoms with van der Waals surface area (Å²) in [7, 11) is -4.93. The Balaban J connectivity index is 1.71. The zero-order chi connectivity index (χ0) is 26.4. The first kappa shape index (κ1) is 25.6. The number of phenols is 2. The summed E-state index contributed by atoms with van der Waals surface area (Å²) < 4.78 is 51.4. The number of fused-ring (bicyclic) bond motifs is 1. The van der Waals surface area contributed by atoms with Crippen molar-refractivity contribution in [3.63, 3.8) is 0 Å². The molecule has 1 saturated heterocycles. The van der Waals surface area contributed by atoms with E-state index in [1.807, 2.05) is 0 Å². The first-order chi connectivity index (χ1) is 16.9. The Bertz CT molecular complexity index is 1450. The molecule has 15 heteroatoms. The van der Waals surface area contributed by atoms with Crippen molar-refractivity contribution in [3.05, 3.63) is 46.6 Å². The van der Waals surface area contributed by atoms with Gasteiger partial charge in [-0.2, -0.15) is 8.42 Å². The van der Waals surface area contributed by atoms with Crippen molar-refractivity contribution in [2.24, 2.45) is 0 Å². The molecule has 2 heterocycles. The lowest BCUT2D eigenvalue weighted by molar-refractivity contribution is -0.277. The van der Waals surface area contributed by atoms with Gasteiger partial charge in [-0.1, -0.05) is 0 Å². The van der Waals surface area contributed by atoms with Gasteiger partial charge in [0.05, 0.1) is 6.61 Å². The van der Waals surface area contributed by atoms with Crippen LogP contribution in [0.1, 0.15) is 0 Å². The van der Waals surface area contributed by atoms with Crippen LogP contribution < -0.4 is 14.3 Å². The topological polar surface area (TPSA) is 234 Å². The van der Waals surface area contributed by atoms with Crippen molar-refractivity contribution in [1.29, 1.82) is 0 Å². The van der Waals surface area contributed by atoms with E-state index in [9.17, 15) is 43.9 Å². The van der Waals surface area contributed by atoms with Crippen LogP contribution in [0.4, 0.5) is 0 Å². The lowest BCUT2D eigenvalue weighted by Crippen LogP contribution is -2.60. The minimum Gasteiger partial charge on any atom is -0.507 e. The molecule has 4 rings (SSSR count). The normalized spacial score (nSPS) is 24.5. The summed E-state index contributed by atoms with van der Waals surface area (Å²) in [5, 5.41) is 59.3. The molecular formula is C21H20O14S. The maximum Gasteiger partial charge on any atom is 0.446 e. The van der Waals surface area contributed by atoms with Gasteiger partial charge in [0.1, 0.15) is 46.9 Å². The first-order valence-corrected chi connectivity index (χ1v) is 11.5. The Morgan fingerprint density at radius 2 is 1.67 bits per heavy atom.